The van der Waals surface area contributed by atoms with Crippen molar-refractivity contribution in [3.8, 4) is 17.1 Å². The summed E-state index contributed by atoms with van der Waals surface area (Å²) in [7, 11) is 1.59. The third-order valence-electron chi connectivity index (χ3n) is 5.31. The van der Waals surface area contributed by atoms with E-state index < -0.39 is 0 Å². The zero-order valence-electron chi connectivity index (χ0n) is 16.6. The number of piperidine rings is 1. The lowest BCUT2D eigenvalue weighted by Crippen LogP contribution is -2.40. The van der Waals surface area contributed by atoms with Crippen LogP contribution in [0.15, 0.2) is 53.1 Å². The van der Waals surface area contributed by atoms with Gasteiger partial charge in [-0.25, -0.2) is 4.79 Å². The van der Waals surface area contributed by atoms with Gasteiger partial charge in [-0.05, 0) is 37.5 Å². The monoisotopic (exact) mass is 392 g/mol. The Morgan fingerprint density at radius 3 is 2.62 bits per heavy atom. The minimum atomic E-state index is -0.126. The van der Waals surface area contributed by atoms with Crippen LogP contribution in [0.3, 0.4) is 0 Å². The zero-order valence-corrected chi connectivity index (χ0v) is 16.6. The van der Waals surface area contributed by atoms with Crippen LogP contribution in [0.25, 0.3) is 11.4 Å². The molecule has 1 N–H and O–H groups in total. The van der Waals surface area contributed by atoms with E-state index in [4.69, 9.17) is 9.26 Å². The van der Waals surface area contributed by atoms with Gasteiger partial charge in [-0.2, -0.15) is 4.98 Å². The van der Waals surface area contributed by atoms with Gasteiger partial charge in [0.25, 0.3) is 0 Å². The Morgan fingerprint density at radius 2 is 1.86 bits per heavy atom. The highest BCUT2D eigenvalue weighted by Gasteiger charge is 2.28. The molecule has 0 aliphatic carbocycles. The molecule has 1 saturated heterocycles. The number of aryl methyl sites for hydroxylation is 1. The van der Waals surface area contributed by atoms with Crippen LogP contribution < -0.4 is 10.1 Å². The number of para-hydroxylation sites is 2. The molecule has 0 saturated carbocycles. The number of carbonyl (C=O) groups is 1. The highest BCUT2D eigenvalue weighted by atomic mass is 16.5. The molecule has 29 heavy (non-hydrogen) atoms. The molecule has 0 spiro atoms. The number of anilines is 1. The summed E-state index contributed by atoms with van der Waals surface area (Å²) in [5.41, 5.74) is 2.76. The highest BCUT2D eigenvalue weighted by Crippen LogP contribution is 2.30. The van der Waals surface area contributed by atoms with Crippen LogP contribution in [-0.2, 0) is 0 Å². The van der Waals surface area contributed by atoms with E-state index in [-0.39, 0.29) is 11.9 Å². The van der Waals surface area contributed by atoms with E-state index in [1.165, 1.54) is 0 Å². The van der Waals surface area contributed by atoms with Crippen molar-refractivity contribution in [2.24, 2.45) is 0 Å². The summed E-state index contributed by atoms with van der Waals surface area (Å²) >= 11 is 0. The van der Waals surface area contributed by atoms with Crippen molar-refractivity contribution in [3.63, 3.8) is 0 Å². The van der Waals surface area contributed by atoms with Crippen molar-refractivity contribution in [1.29, 1.82) is 0 Å². The quantitative estimate of drug-likeness (QED) is 0.709. The maximum Gasteiger partial charge on any atom is 0.321 e. The molecule has 0 bridgehead atoms. The van der Waals surface area contributed by atoms with Crippen molar-refractivity contribution in [2.75, 3.05) is 25.5 Å². The van der Waals surface area contributed by atoms with Gasteiger partial charge in [-0.1, -0.05) is 41.6 Å². The second-order valence-electron chi connectivity index (χ2n) is 7.16. The van der Waals surface area contributed by atoms with Gasteiger partial charge in [-0.3, -0.25) is 0 Å². The fraction of sp³-hybridized carbons (Fsp3) is 0.318. The minimum absolute atomic E-state index is 0.126. The SMILES string of the molecule is COc1ccccc1NC(=O)N1CCC(c2nc(-c3ccccc3C)no2)CC1. The maximum absolute atomic E-state index is 12.6. The molecule has 1 fully saturated rings. The fourth-order valence-electron chi connectivity index (χ4n) is 3.61. The Morgan fingerprint density at radius 1 is 1.14 bits per heavy atom. The van der Waals surface area contributed by atoms with E-state index >= 15 is 0 Å². The van der Waals surface area contributed by atoms with Crippen LogP contribution in [0.4, 0.5) is 10.5 Å². The Balaban J connectivity index is 1.37. The summed E-state index contributed by atoms with van der Waals surface area (Å²) in [4.78, 5) is 19.0. The number of hydrogen-bond donors (Lipinski definition) is 1. The predicted molar refractivity (Wildman–Crippen MR) is 110 cm³/mol. The first kappa shape index (κ1) is 19.0. The summed E-state index contributed by atoms with van der Waals surface area (Å²) in [5.74, 6) is 2.07. The van der Waals surface area contributed by atoms with Gasteiger partial charge in [0.2, 0.25) is 11.7 Å². The maximum atomic E-state index is 12.6. The molecule has 1 aromatic heterocycles. The lowest BCUT2D eigenvalue weighted by Gasteiger charge is -2.30. The molecule has 7 heteroatoms. The number of urea groups is 1. The van der Waals surface area contributed by atoms with Crippen LogP contribution in [0, 0.1) is 6.92 Å². The van der Waals surface area contributed by atoms with E-state index in [1.54, 1.807) is 7.11 Å². The molecule has 0 atom stereocenters. The molecule has 0 radical (unpaired) electrons. The van der Waals surface area contributed by atoms with Gasteiger partial charge in [-0.15, -0.1) is 0 Å². The zero-order chi connectivity index (χ0) is 20.2. The van der Waals surface area contributed by atoms with Crippen LogP contribution in [0.5, 0.6) is 5.75 Å². The number of amides is 2. The topological polar surface area (TPSA) is 80.5 Å². The minimum Gasteiger partial charge on any atom is -0.495 e. The number of likely N-dealkylation sites (tertiary alicyclic amines) is 1. The molecular weight excluding hydrogens is 368 g/mol. The molecule has 3 aromatic rings. The highest BCUT2D eigenvalue weighted by molar-refractivity contribution is 5.91. The standard InChI is InChI=1S/C22H24N4O3/c1-15-7-3-4-8-17(15)20-24-21(29-25-20)16-11-13-26(14-12-16)22(27)23-18-9-5-6-10-19(18)28-2/h3-10,16H,11-14H2,1-2H3,(H,23,27). The third-order valence-corrected chi connectivity index (χ3v) is 5.31. The number of aromatic nitrogens is 2. The van der Waals surface area contributed by atoms with Gasteiger partial charge in [0.15, 0.2) is 0 Å². The summed E-state index contributed by atoms with van der Waals surface area (Å²) in [6, 6.07) is 15.3. The van der Waals surface area contributed by atoms with Crippen LogP contribution in [0.2, 0.25) is 0 Å². The first-order chi connectivity index (χ1) is 14.2. The number of nitrogens with zero attached hydrogens (tertiary/aromatic N) is 3. The van der Waals surface area contributed by atoms with Crippen LogP contribution in [-0.4, -0.2) is 41.3 Å². The van der Waals surface area contributed by atoms with E-state index in [0.29, 0.717) is 36.2 Å². The number of hydrogen-bond acceptors (Lipinski definition) is 5. The van der Waals surface area contributed by atoms with Gasteiger partial charge in [0.05, 0.1) is 12.8 Å². The second-order valence-corrected chi connectivity index (χ2v) is 7.16. The Labute approximate surface area is 169 Å². The van der Waals surface area contributed by atoms with Crippen molar-refractivity contribution in [3.05, 3.63) is 60.0 Å². The van der Waals surface area contributed by atoms with Crippen LogP contribution >= 0.6 is 0 Å². The molecule has 7 nitrogen and oxygen atoms in total. The summed E-state index contributed by atoms with van der Waals surface area (Å²) in [6.45, 7) is 3.30. The Hall–Kier alpha value is -3.35. The normalized spacial score (nSPS) is 14.6. The van der Waals surface area contributed by atoms with E-state index in [2.05, 4.69) is 15.5 Å². The molecule has 2 heterocycles. The summed E-state index contributed by atoms with van der Waals surface area (Å²) in [5, 5.41) is 7.09. The van der Waals surface area contributed by atoms with Gasteiger partial charge in [0.1, 0.15) is 5.75 Å². The number of ether oxygens (including phenoxy) is 1. The molecular formula is C22H24N4O3. The van der Waals surface area contributed by atoms with E-state index in [0.717, 1.165) is 24.0 Å². The average Bonchev–Trinajstić information content (AvgIpc) is 3.24. The fourth-order valence-corrected chi connectivity index (χ4v) is 3.61. The lowest BCUT2D eigenvalue weighted by atomic mass is 9.97. The largest absolute Gasteiger partial charge is 0.495 e. The van der Waals surface area contributed by atoms with Gasteiger partial charge < -0.3 is 19.5 Å². The number of methoxy groups -OCH3 is 1. The second kappa shape index (κ2) is 8.34. The number of rotatable bonds is 4. The van der Waals surface area contributed by atoms with Crippen molar-refractivity contribution in [2.45, 2.75) is 25.7 Å². The van der Waals surface area contributed by atoms with Crippen molar-refractivity contribution < 1.29 is 14.1 Å². The number of nitrogens with one attached hydrogen (secondary N) is 1. The Kier molecular flexibility index (Phi) is 5.46. The molecule has 1 aliphatic heterocycles. The van der Waals surface area contributed by atoms with Crippen molar-refractivity contribution >= 4 is 11.7 Å². The number of benzene rings is 2. The van der Waals surface area contributed by atoms with Crippen molar-refractivity contribution in [1.82, 2.24) is 15.0 Å². The number of carbonyl (C=O) groups excluding carboxylic acids is 1. The first-order valence-corrected chi connectivity index (χ1v) is 9.74. The molecule has 4 rings (SSSR count). The van der Waals surface area contributed by atoms with Gasteiger partial charge >= 0.3 is 6.03 Å². The predicted octanol–water partition coefficient (Wildman–Crippen LogP) is 4.47. The molecule has 0 unspecified atom stereocenters. The lowest BCUT2D eigenvalue weighted by molar-refractivity contribution is 0.187. The average molecular weight is 392 g/mol. The first-order valence-electron chi connectivity index (χ1n) is 9.74. The smallest absolute Gasteiger partial charge is 0.321 e. The van der Waals surface area contributed by atoms with Gasteiger partial charge in [0, 0.05) is 24.6 Å². The molecule has 150 valence electrons. The molecule has 2 aromatic carbocycles. The third kappa shape index (κ3) is 4.08. The van der Waals surface area contributed by atoms with E-state index in [1.807, 2.05) is 60.4 Å². The van der Waals surface area contributed by atoms with E-state index in [9.17, 15) is 4.79 Å². The molecule has 1 aliphatic rings. The summed E-state index contributed by atoms with van der Waals surface area (Å²) in [6.07, 6.45) is 1.57. The summed E-state index contributed by atoms with van der Waals surface area (Å²) < 4.78 is 10.8. The van der Waals surface area contributed by atoms with Crippen LogP contribution in [0.1, 0.15) is 30.2 Å². The Bertz CT molecular complexity index is 993. The molecule has 2 amide bonds.